The number of carbonyl (C=O) groups is 1. The molecule has 33 heavy (non-hydrogen) atoms. The molecule has 1 aliphatic rings. The standard InChI is InChI=1S/C25H19N3O4S/c1-30-18-7-3-15(4-8-18)21-14-26-13-16-11-20(32-23(16)21)12-22-24(29)28-25(33-22)27-17-5-9-19(31-2)10-6-17/h3-14H,1-2H3,(H,27,28,29)/b22-12+. The lowest BCUT2D eigenvalue weighted by Crippen LogP contribution is -2.04. The van der Waals surface area contributed by atoms with Crippen LogP contribution in [0.5, 0.6) is 11.5 Å². The summed E-state index contributed by atoms with van der Waals surface area (Å²) >= 11 is 1.26. The first-order valence-electron chi connectivity index (χ1n) is 10.1. The second kappa shape index (κ2) is 8.84. The van der Waals surface area contributed by atoms with Gasteiger partial charge in [-0.3, -0.25) is 9.78 Å². The molecule has 0 bridgehead atoms. The van der Waals surface area contributed by atoms with Gasteiger partial charge >= 0.3 is 0 Å². The molecule has 7 nitrogen and oxygen atoms in total. The molecule has 3 heterocycles. The smallest absolute Gasteiger partial charge is 0.286 e. The van der Waals surface area contributed by atoms with Gasteiger partial charge in [0.15, 0.2) is 5.17 Å². The van der Waals surface area contributed by atoms with Crippen molar-refractivity contribution in [1.82, 2.24) is 4.98 Å². The first-order chi connectivity index (χ1) is 16.1. The zero-order valence-electron chi connectivity index (χ0n) is 17.9. The number of aromatic nitrogens is 1. The van der Waals surface area contributed by atoms with E-state index in [0.29, 0.717) is 21.4 Å². The molecule has 0 atom stereocenters. The lowest BCUT2D eigenvalue weighted by molar-refractivity contribution is -0.113. The van der Waals surface area contributed by atoms with Gasteiger partial charge in [0.1, 0.15) is 22.8 Å². The Morgan fingerprint density at radius 1 is 0.970 bits per heavy atom. The normalized spacial score (nSPS) is 14.5. The summed E-state index contributed by atoms with van der Waals surface area (Å²) in [6.07, 6.45) is 5.21. The molecule has 164 valence electrons. The van der Waals surface area contributed by atoms with E-state index in [4.69, 9.17) is 13.9 Å². The molecule has 1 amide bonds. The van der Waals surface area contributed by atoms with Crippen molar-refractivity contribution in [2.75, 3.05) is 19.5 Å². The van der Waals surface area contributed by atoms with Gasteiger partial charge in [-0.05, 0) is 59.8 Å². The number of methoxy groups -OCH3 is 2. The van der Waals surface area contributed by atoms with Gasteiger partial charge in [-0.25, -0.2) is 0 Å². The average Bonchev–Trinajstić information content (AvgIpc) is 3.42. The highest BCUT2D eigenvalue weighted by Crippen LogP contribution is 2.34. The summed E-state index contributed by atoms with van der Waals surface area (Å²) in [5.41, 5.74) is 3.34. The second-order valence-electron chi connectivity index (χ2n) is 7.17. The number of nitrogens with one attached hydrogen (secondary N) is 1. The first-order valence-corrected chi connectivity index (χ1v) is 10.9. The summed E-state index contributed by atoms with van der Waals surface area (Å²) in [5.74, 6) is 1.78. The van der Waals surface area contributed by atoms with Crippen molar-refractivity contribution < 1.29 is 18.7 Å². The molecule has 4 aromatic rings. The monoisotopic (exact) mass is 457 g/mol. The number of furan rings is 1. The van der Waals surface area contributed by atoms with Crippen LogP contribution in [-0.4, -0.2) is 30.3 Å². The topological polar surface area (TPSA) is 86.0 Å². The number of carbonyl (C=O) groups excluding carboxylic acids is 1. The molecule has 2 aromatic carbocycles. The summed E-state index contributed by atoms with van der Waals surface area (Å²) in [5, 5.41) is 4.51. The first kappa shape index (κ1) is 20.8. The number of rotatable bonds is 5. The summed E-state index contributed by atoms with van der Waals surface area (Å²) in [4.78, 5) is 21.4. The predicted molar refractivity (Wildman–Crippen MR) is 131 cm³/mol. The lowest BCUT2D eigenvalue weighted by Gasteiger charge is -2.05. The minimum absolute atomic E-state index is 0.315. The van der Waals surface area contributed by atoms with Crippen LogP contribution in [0.15, 0.2) is 81.3 Å². The number of hydrogen-bond acceptors (Lipinski definition) is 7. The maximum Gasteiger partial charge on any atom is 0.286 e. The Morgan fingerprint density at radius 3 is 2.36 bits per heavy atom. The van der Waals surface area contributed by atoms with Crippen molar-refractivity contribution in [3.05, 3.63) is 77.7 Å². The fourth-order valence-electron chi connectivity index (χ4n) is 3.42. The van der Waals surface area contributed by atoms with Gasteiger partial charge in [-0.15, -0.1) is 0 Å². The van der Waals surface area contributed by atoms with Gasteiger partial charge in [0, 0.05) is 35.1 Å². The minimum atomic E-state index is -0.315. The van der Waals surface area contributed by atoms with Crippen LogP contribution < -0.4 is 14.8 Å². The highest BCUT2D eigenvalue weighted by atomic mass is 32.2. The lowest BCUT2D eigenvalue weighted by atomic mass is 10.1. The third-order valence-corrected chi connectivity index (χ3v) is 5.98. The van der Waals surface area contributed by atoms with Crippen molar-refractivity contribution >= 4 is 45.6 Å². The second-order valence-corrected chi connectivity index (χ2v) is 8.20. The van der Waals surface area contributed by atoms with E-state index in [1.165, 1.54) is 11.8 Å². The van der Waals surface area contributed by atoms with Crippen LogP contribution in [0.3, 0.4) is 0 Å². The molecule has 8 heteroatoms. The Bertz CT molecular complexity index is 1390. The van der Waals surface area contributed by atoms with Gasteiger partial charge in [0.25, 0.3) is 5.91 Å². The Kier molecular flexibility index (Phi) is 5.58. The third-order valence-electron chi connectivity index (χ3n) is 5.08. The van der Waals surface area contributed by atoms with E-state index < -0.39 is 0 Å². The van der Waals surface area contributed by atoms with Crippen molar-refractivity contribution in [3.63, 3.8) is 0 Å². The molecule has 1 aliphatic heterocycles. The van der Waals surface area contributed by atoms with Gasteiger partial charge in [-0.2, -0.15) is 4.99 Å². The van der Waals surface area contributed by atoms with E-state index in [0.717, 1.165) is 33.7 Å². The molecule has 0 spiro atoms. The maximum atomic E-state index is 12.4. The number of thioether (sulfide) groups is 1. The Morgan fingerprint density at radius 2 is 1.67 bits per heavy atom. The molecular weight excluding hydrogens is 438 g/mol. The van der Waals surface area contributed by atoms with E-state index in [-0.39, 0.29) is 5.91 Å². The molecule has 2 aromatic heterocycles. The van der Waals surface area contributed by atoms with Crippen LogP contribution in [0, 0.1) is 0 Å². The molecule has 0 fully saturated rings. The number of aliphatic imine (C=N–C) groups is 1. The van der Waals surface area contributed by atoms with Crippen molar-refractivity contribution in [3.8, 4) is 22.6 Å². The van der Waals surface area contributed by atoms with E-state index in [1.54, 1.807) is 32.7 Å². The van der Waals surface area contributed by atoms with E-state index in [1.807, 2.05) is 54.6 Å². The van der Waals surface area contributed by atoms with Crippen LogP contribution in [0.4, 0.5) is 5.69 Å². The maximum absolute atomic E-state index is 12.4. The predicted octanol–water partition coefficient (Wildman–Crippen LogP) is 5.59. The fourth-order valence-corrected chi connectivity index (χ4v) is 4.23. The molecular formula is C25H19N3O4S. The van der Waals surface area contributed by atoms with E-state index in [9.17, 15) is 4.79 Å². The molecule has 1 N–H and O–H groups in total. The number of fused-ring (bicyclic) bond motifs is 1. The van der Waals surface area contributed by atoms with E-state index in [2.05, 4.69) is 15.3 Å². The summed E-state index contributed by atoms with van der Waals surface area (Å²) in [6.45, 7) is 0. The number of anilines is 1. The summed E-state index contributed by atoms with van der Waals surface area (Å²) in [6, 6.07) is 17.0. The van der Waals surface area contributed by atoms with Crippen LogP contribution >= 0.6 is 11.8 Å². The van der Waals surface area contributed by atoms with Crippen LogP contribution in [0.1, 0.15) is 5.76 Å². The minimum Gasteiger partial charge on any atom is -0.497 e. The van der Waals surface area contributed by atoms with Gasteiger partial charge in [0.2, 0.25) is 0 Å². The number of benzene rings is 2. The molecule has 0 aliphatic carbocycles. The number of nitrogens with zero attached hydrogens (tertiary/aromatic N) is 2. The Balaban J connectivity index is 1.38. The fraction of sp³-hybridized carbons (Fsp3) is 0.0800. The number of pyridine rings is 1. The quantitative estimate of drug-likeness (QED) is 0.391. The highest BCUT2D eigenvalue weighted by molar-refractivity contribution is 8.18. The average molecular weight is 458 g/mol. The Labute approximate surface area is 194 Å². The SMILES string of the molecule is COc1ccc(NC2=NC(=O)/C(=C\c3cc4cncc(-c5ccc(OC)cc5)c4o3)S2)cc1. The van der Waals surface area contributed by atoms with Crippen molar-refractivity contribution in [2.45, 2.75) is 0 Å². The van der Waals surface area contributed by atoms with Gasteiger partial charge < -0.3 is 19.2 Å². The van der Waals surface area contributed by atoms with Gasteiger partial charge in [-0.1, -0.05) is 12.1 Å². The van der Waals surface area contributed by atoms with Crippen LogP contribution in [0.25, 0.3) is 28.2 Å². The molecule has 0 saturated carbocycles. The zero-order valence-corrected chi connectivity index (χ0v) is 18.7. The van der Waals surface area contributed by atoms with Crippen molar-refractivity contribution in [1.29, 1.82) is 0 Å². The van der Waals surface area contributed by atoms with Crippen LogP contribution in [0.2, 0.25) is 0 Å². The van der Waals surface area contributed by atoms with E-state index >= 15 is 0 Å². The third kappa shape index (κ3) is 4.33. The number of amides is 1. The zero-order chi connectivity index (χ0) is 22.8. The van der Waals surface area contributed by atoms with Crippen molar-refractivity contribution in [2.24, 2.45) is 4.99 Å². The summed E-state index contributed by atoms with van der Waals surface area (Å²) < 4.78 is 16.5. The van der Waals surface area contributed by atoms with Crippen LogP contribution in [-0.2, 0) is 4.79 Å². The Hall–Kier alpha value is -4.04. The highest BCUT2D eigenvalue weighted by Gasteiger charge is 2.23. The number of hydrogen-bond donors (Lipinski definition) is 1. The number of amidine groups is 1. The molecule has 0 radical (unpaired) electrons. The summed E-state index contributed by atoms with van der Waals surface area (Å²) in [7, 11) is 3.25. The number of ether oxygens (including phenoxy) is 2. The van der Waals surface area contributed by atoms with Gasteiger partial charge in [0.05, 0.1) is 19.1 Å². The molecule has 0 unspecified atom stereocenters. The largest absolute Gasteiger partial charge is 0.497 e. The molecule has 5 rings (SSSR count). The molecule has 0 saturated heterocycles.